The minimum Gasteiger partial charge on any atom is -0.360 e. The fraction of sp³-hybridized carbons (Fsp3) is 0.455. The average Bonchev–Trinajstić information content (AvgIpc) is 2.76. The molecule has 0 radical (unpaired) electrons. The summed E-state index contributed by atoms with van der Waals surface area (Å²) in [6, 6.07) is 0. The zero-order valence-electron chi connectivity index (χ0n) is 10.1. The van der Waals surface area contributed by atoms with Gasteiger partial charge in [0.15, 0.2) is 5.82 Å². The molecule has 2 rings (SSSR count). The van der Waals surface area contributed by atoms with Gasteiger partial charge in [-0.1, -0.05) is 13.8 Å². The molecule has 17 heavy (non-hydrogen) atoms. The highest BCUT2D eigenvalue weighted by Crippen LogP contribution is 2.17. The number of aryl methyl sites for hydroxylation is 1. The lowest BCUT2D eigenvalue weighted by atomic mass is 10.2. The second-order valence-corrected chi connectivity index (χ2v) is 5.03. The van der Waals surface area contributed by atoms with Crippen molar-refractivity contribution in [3.8, 4) is 11.6 Å². The van der Waals surface area contributed by atoms with Crippen LogP contribution in [0.4, 0.5) is 5.13 Å². The molecule has 0 aliphatic rings. The summed E-state index contributed by atoms with van der Waals surface area (Å²) in [6.07, 6.45) is 3.54. The number of hydrogen-bond donors (Lipinski definition) is 1. The predicted octanol–water partition coefficient (Wildman–Crippen LogP) is 2.37. The smallest absolute Gasteiger partial charge is 0.212 e. The molecule has 90 valence electrons. The van der Waals surface area contributed by atoms with Gasteiger partial charge in [-0.15, -0.1) is 0 Å². The van der Waals surface area contributed by atoms with Gasteiger partial charge in [-0.2, -0.15) is 9.36 Å². The first-order valence-corrected chi connectivity index (χ1v) is 6.29. The van der Waals surface area contributed by atoms with Gasteiger partial charge < -0.3 is 5.32 Å². The maximum atomic E-state index is 4.35. The molecular weight excluding hydrogens is 234 g/mol. The molecule has 0 aliphatic heterocycles. The van der Waals surface area contributed by atoms with Gasteiger partial charge in [0, 0.05) is 30.5 Å². The molecule has 0 spiro atoms. The van der Waals surface area contributed by atoms with Crippen LogP contribution in [-0.2, 0) is 0 Å². The zero-order chi connectivity index (χ0) is 12.3. The topological polar surface area (TPSA) is 63.6 Å². The molecule has 2 heterocycles. The highest BCUT2D eigenvalue weighted by Gasteiger charge is 2.08. The third-order valence-corrected chi connectivity index (χ3v) is 2.74. The highest BCUT2D eigenvalue weighted by molar-refractivity contribution is 7.09. The van der Waals surface area contributed by atoms with E-state index in [0.717, 1.165) is 17.2 Å². The summed E-state index contributed by atoms with van der Waals surface area (Å²) in [6.45, 7) is 7.15. The lowest BCUT2D eigenvalue weighted by Gasteiger charge is -2.03. The molecule has 0 fully saturated rings. The fourth-order valence-corrected chi connectivity index (χ4v) is 1.76. The van der Waals surface area contributed by atoms with Gasteiger partial charge in [-0.05, 0) is 18.4 Å². The lowest BCUT2D eigenvalue weighted by Crippen LogP contribution is -2.07. The Hall–Kier alpha value is -1.56. The summed E-state index contributed by atoms with van der Waals surface area (Å²) >= 11 is 1.34. The Kier molecular flexibility index (Phi) is 3.63. The number of hydrogen-bond acceptors (Lipinski definition) is 6. The van der Waals surface area contributed by atoms with Gasteiger partial charge in [-0.25, -0.2) is 9.97 Å². The molecule has 0 atom stereocenters. The molecule has 2 aromatic heterocycles. The van der Waals surface area contributed by atoms with Crippen molar-refractivity contribution in [3.63, 3.8) is 0 Å². The van der Waals surface area contributed by atoms with Crippen molar-refractivity contribution in [1.29, 1.82) is 0 Å². The van der Waals surface area contributed by atoms with Crippen LogP contribution in [0.2, 0.25) is 0 Å². The first-order chi connectivity index (χ1) is 8.15. The van der Waals surface area contributed by atoms with Crippen LogP contribution >= 0.6 is 11.5 Å². The number of aromatic nitrogens is 4. The van der Waals surface area contributed by atoms with E-state index in [1.165, 1.54) is 11.5 Å². The molecular formula is C11H15N5S. The van der Waals surface area contributed by atoms with E-state index in [4.69, 9.17) is 0 Å². The van der Waals surface area contributed by atoms with Crippen LogP contribution in [0.25, 0.3) is 11.6 Å². The van der Waals surface area contributed by atoms with Gasteiger partial charge in [0.05, 0.1) is 0 Å². The largest absolute Gasteiger partial charge is 0.360 e. The third-order valence-electron chi connectivity index (χ3n) is 2.07. The molecule has 0 aromatic carbocycles. The Bertz CT molecular complexity index is 477. The minimum atomic E-state index is 0.574. The van der Waals surface area contributed by atoms with Crippen LogP contribution in [0.1, 0.15) is 19.4 Å². The van der Waals surface area contributed by atoms with Crippen molar-refractivity contribution in [2.45, 2.75) is 20.8 Å². The van der Waals surface area contributed by atoms with Crippen LogP contribution < -0.4 is 5.32 Å². The van der Waals surface area contributed by atoms with E-state index in [9.17, 15) is 0 Å². The van der Waals surface area contributed by atoms with E-state index in [1.807, 2.05) is 6.92 Å². The Morgan fingerprint density at radius 3 is 2.59 bits per heavy atom. The van der Waals surface area contributed by atoms with Crippen molar-refractivity contribution in [1.82, 2.24) is 19.3 Å². The monoisotopic (exact) mass is 249 g/mol. The van der Waals surface area contributed by atoms with E-state index in [-0.39, 0.29) is 0 Å². The first kappa shape index (κ1) is 11.9. The Balaban J connectivity index is 2.10. The zero-order valence-corrected chi connectivity index (χ0v) is 11.0. The molecule has 0 aliphatic carbocycles. The number of rotatable bonds is 4. The molecule has 5 nitrogen and oxygen atoms in total. The molecule has 0 saturated carbocycles. The molecule has 0 saturated heterocycles. The Labute approximate surface area is 105 Å². The van der Waals surface area contributed by atoms with Gasteiger partial charge in [-0.3, -0.25) is 0 Å². The van der Waals surface area contributed by atoms with E-state index < -0.39 is 0 Å². The Morgan fingerprint density at radius 1 is 1.24 bits per heavy atom. The summed E-state index contributed by atoms with van der Waals surface area (Å²) in [5.74, 6) is 1.74. The quantitative estimate of drug-likeness (QED) is 0.901. The van der Waals surface area contributed by atoms with E-state index >= 15 is 0 Å². The molecule has 2 aromatic rings. The maximum absolute atomic E-state index is 4.35. The van der Waals surface area contributed by atoms with Crippen LogP contribution in [-0.4, -0.2) is 25.9 Å². The van der Waals surface area contributed by atoms with Crippen molar-refractivity contribution in [2.24, 2.45) is 5.92 Å². The maximum Gasteiger partial charge on any atom is 0.212 e. The second-order valence-electron chi connectivity index (χ2n) is 4.28. The van der Waals surface area contributed by atoms with Gasteiger partial charge in [0.2, 0.25) is 11.0 Å². The summed E-state index contributed by atoms with van der Waals surface area (Å²) in [7, 11) is 0. The number of nitrogens with zero attached hydrogens (tertiary/aromatic N) is 4. The molecule has 6 heteroatoms. The van der Waals surface area contributed by atoms with Crippen LogP contribution in [0, 0.1) is 12.8 Å². The average molecular weight is 249 g/mol. The third kappa shape index (κ3) is 3.20. The van der Waals surface area contributed by atoms with Gasteiger partial charge in [0.1, 0.15) is 0 Å². The van der Waals surface area contributed by atoms with Gasteiger partial charge >= 0.3 is 0 Å². The summed E-state index contributed by atoms with van der Waals surface area (Å²) in [5.41, 5.74) is 1.03. The second kappa shape index (κ2) is 5.18. The summed E-state index contributed by atoms with van der Waals surface area (Å²) in [5, 5.41) is 4.05. The molecule has 0 unspecified atom stereocenters. The number of nitrogens with one attached hydrogen (secondary N) is 1. The highest BCUT2D eigenvalue weighted by atomic mass is 32.1. The fourth-order valence-electron chi connectivity index (χ4n) is 1.19. The van der Waals surface area contributed by atoms with Crippen LogP contribution in [0.5, 0.6) is 0 Å². The standard InChI is InChI=1S/C11H15N5S/c1-7(2)4-14-11-15-10(16-17-11)9-12-5-8(3)6-13-9/h5-7H,4H2,1-3H3,(H,14,15,16). The summed E-state index contributed by atoms with van der Waals surface area (Å²) in [4.78, 5) is 12.8. The van der Waals surface area contributed by atoms with E-state index in [0.29, 0.717) is 17.6 Å². The van der Waals surface area contributed by atoms with Crippen molar-refractivity contribution in [2.75, 3.05) is 11.9 Å². The SMILES string of the molecule is Cc1cnc(-c2nsc(NCC(C)C)n2)nc1. The minimum absolute atomic E-state index is 0.574. The van der Waals surface area contributed by atoms with E-state index in [2.05, 4.69) is 38.5 Å². The lowest BCUT2D eigenvalue weighted by molar-refractivity contribution is 0.688. The van der Waals surface area contributed by atoms with Crippen LogP contribution in [0.15, 0.2) is 12.4 Å². The normalized spacial score (nSPS) is 10.8. The molecule has 1 N–H and O–H groups in total. The van der Waals surface area contributed by atoms with Crippen molar-refractivity contribution < 1.29 is 0 Å². The molecule has 0 amide bonds. The number of anilines is 1. The van der Waals surface area contributed by atoms with Crippen molar-refractivity contribution >= 4 is 16.7 Å². The van der Waals surface area contributed by atoms with Gasteiger partial charge in [0.25, 0.3) is 0 Å². The van der Waals surface area contributed by atoms with Crippen LogP contribution in [0.3, 0.4) is 0 Å². The first-order valence-electron chi connectivity index (χ1n) is 5.51. The van der Waals surface area contributed by atoms with Crippen molar-refractivity contribution in [3.05, 3.63) is 18.0 Å². The van der Waals surface area contributed by atoms with E-state index in [1.54, 1.807) is 12.4 Å². The Morgan fingerprint density at radius 2 is 1.94 bits per heavy atom. The predicted molar refractivity (Wildman–Crippen MR) is 69.0 cm³/mol. The molecule has 0 bridgehead atoms. The summed E-state index contributed by atoms with van der Waals surface area (Å²) < 4.78 is 4.24.